The molecule has 0 radical (unpaired) electrons. The number of carbonyl (C=O) groups is 1. The third-order valence-corrected chi connectivity index (χ3v) is 3.20. The van der Waals surface area contributed by atoms with E-state index in [1.807, 2.05) is 25.1 Å². The van der Waals surface area contributed by atoms with E-state index in [9.17, 15) is 4.79 Å². The largest absolute Gasteiger partial charge is 0.395 e. The second kappa shape index (κ2) is 8.61. The van der Waals surface area contributed by atoms with Crippen LogP contribution in [0.3, 0.4) is 0 Å². The number of nitrogens with zero attached hydrogens (tertiary/aromatic N) is 1. The molecule has 20 heavy (non-hydrogen) atoms. The van der Waals surface area contributed by atoms with Crippen molar-refractivity contribution in [3.05, 3.63) is 47.5 Å². The van der Waals surface area contributed by atoms with Gasteiger partial charge in [-0.1, -0.05) is 36.7 Å². The molecular weight excluding hydrogens is 276 g/mol. The molecule has 2 N–H and O–H groups in total. The Morgan fingerprint density at radius 3 is 2.90 bits per heavy atom. The lowest BCUT2D eigenvalue weighted by Crippen LogP contribution is -2.43. The van der Waals surface area contributed by atoms with E-state index in [-0.39, 0.29) is 25.2 Å². The zero-order valence-corrected chi connectivity index (χ0v) is 12.4. The molecule has 0 heterocycles. The molecule has 0 aliphatic heterocycles. The Morgan fingerprint density at radius 2 is 2.35 bits per heavy atom. The zero-order chi connectivity index (χ0) is 15.0. The van der Waals surface area contributed by atoms with Gasteiger partial charge in [-0.3, -0.25) is 0 Å². The van der Waals surface area contributed by atoms with Crippen molar-refractivity contribution in [2.45, 2.75) is 19.4 Å². The van der Waals surface area contributed by atoms with E-state index >= 15 is 0 Å². The Labute approximate surface area is 125 Å². The molecule has 1 aromatic carbocycles. The monoisotopic (exact) mass is 296 g/mol. The van der Waals surface area contributed by atoms with Crippen LogP contribution in [0.25, 0.3) is 0 Å². The Balaban J connectivity index is 2.76. The van der Waals surface area contributed by atoms with Crippen LogP contribution in [0.1, 0.15) is 24.9 Å². The van der Waals surface area contributed by atoms with Gasteiger partial charge in [0, 0.05) is 18.1 Å². The summed E-state index contributed by atoms with van der Waals surface area (Å²) in [6.45, 7) is 6.22. The van der Waals surface area contributed by atoms with Crippen LogP contribution in [0.4, 0.5) is 4.79 Å². The molecule has 1 rings (SSSR count). The number of aliphatic hydroxyl groups is 1. The maximum atomic E-state index is 12.2. The highest BCUT2D eigenvalue weighted by Gasteiger charge is 2.17. The molecule has 0 saturated heterocycles. The van der Waals surface area contributed by atoms with E-state index in [1.54, 1.807) is 12.1 Å². The van der Waals surface area contributed by atoms with Crippen molar-refractivity contribution in [3.63, 3.8) is 0 Å². The summed E-state index contributed by atoms with van der Waals surface area (Å²) in [6.07, 6.45) is 2.39. The Bertz CT molecular complexity index is 451. The molecule has 0 aromatic heterocycles. The first-order chi connectivity index (χ1) is 9.62. The number of halogens is 1. The number of nitrogens with one attached hydrogen (secondary N) is 1. The van der Waals surface area contributed by atoms with Gasteiger partial charge in [0.2, 0.25) is 0 Å². The van der Waals surface area contributed by atoms with E-state index in [0.717, 1.165) is 12.0 Å². The molecule has 0 aliphatic carbocycles. The number of carbonyl (C=O) groups excluding carboxylic acids is 1. The van der Waals surface area contributed by atoms with Gasteiger partial charge >= 0.3 is 6.03 Å². The lowest BCUT2D eigenvalue weighted by Gasteiger charge is -2.25. The van der Waals surface area contributed by atoms with Crippen molar-refractivity contribution in [1.82, 2.24) is 10.2 Å². The predicted molar refractivity (Wildman–Crippen MR) is 81.9 cm³/mol. The van der Waals surface area contributed by atoms with E-state index in [2.05, 4.69) is 11.9 Å². The van der Waals surface area contributed by atoms with Crippen LogP contribution >= 0.6 is 11.6 Å². The minimum Gasteiger partial charge on any atom is -0.395 e. The molecular formula is C15H21ClN2O2. The minimum atomic E-state index is -0.217. The number of urea groups is 1. The van der Waals surface area contributed by atoms with E-state index in [1.165, 1.54) is 4.90 Å². The number of amides is 2. The van der Waals surface area contributed by atoms with Crippen molar-refractivity contribution in [3.8, 4) is 0 Å². The first-order valence-corrected chi connectivity index (χ1v) is 7.02. The standard InChI is InChI=1S/C15H21ClN2O2/c1-3-8-18(9-10-19)15(20)17-14(4-2)12-6-5-7-13(16)11-12/h3,5-7,11,14,19H,1,4,8-10H2,2H3,(H,17,20). The van der Waals surface area contributed by atoms with Gasteiger partial charge in [0.15, 0.2) is 0 Å². The maximum Gasteiger partial charge on any atom is 0.318 e. The molecule has 0 bridgehead atoms. The smallest absolute Gasteiger partial charge is 0.318 e. The van der Waals surface area contributed by atoms with Crippen molar-refractivity contribution in [1.29, 1.82) is 0 Å². The average Bonchev–Trinajstić information content (AvgIpc) is 2.44. The lowest BCUT2D eigenvalue weighted by molar-refractivity contribution is 0.180. The van der Waals surface area contributed by atoms with Crippen molar-refractivity contribution in [2.75, 3.05) is 19.7 Å². The van der Waals surface area contributed by atoms with Crippen LogP contribution in [0.2, 0.25) is 5.02 Å². The quantitative estimate of drug-likeness (QED) is 0.760. The lowest BCUT2D eigenvalue weighted by atomic mass is 10.1. The van der Waals surface area contributed by atoms with Gasteiger partial charge in [0.25, 0.3) is 0 Å². The Morgan fingerprint density at radius 1 is 1.60 bits per heavy atom. The highest BCUT2D eigenvalue weighted by atomic mass is 35.5. The molecule has 0 spiro atoms. The number of aliphatic hydroxyl groups excluding tert-OH is 1. The molecule has 0 saturated carbocycles. The SMILES string of the molecule is C=CCN(CCO)C(=O)NC(CC)c1cccc(Cl)c1. The van der Waals surface area contributed by atoms with Crippen molar-refractivity contribution >= 4 is 17.6 Å². The highest BCUT2D eigenvalue weighted by Crippen LogP contribution is 2.20. The first-order valence-electron chi connectivity index (χ1n) is 6.65. The van der Waals surface area contributed by atoms with Crippen molar-refractivity contribution in [2.24, 2.45) is 0 Å². The second-order valence-corrected chi connectivity index (χ2v) is 4.86. The molecule has 1 unspecified atom stereocenters. The van der Waals surface area contributed by atoms with Crippen LogP contribution in [0, 0.1) is 0 Å². The fourth-order valence-corrected chi connectivity index (χ4v) is 2.14. The molecule has 4 nitrogen and oxygen atoms in total. The van der Waals surface area contributed by atoms with Crippen LogP contribution in [0.5, 0.6) is 0 Å². The summed E-state index contributed by atoms with van der Waals surface area (Å²) in [5.74, 6) is 0. The van der Waals surface area contributed by atoms with Crippen LogP contribution in [0.15, 0.2) is 36.9 Å². The van der Waals surface area contributed by atoms with E-state index < -0.39 is 0 Å². The van der Waals surface area contributed by atoms with E-state index in [0.29, 0.717) is 11.6 Å². The van der Waals surface area contributed by atoms with Gasteiger partial charge in [-0.25, -0.2) is 4.79 Å². The number of hydrogen-bond donors (Lipinski definition) is 2. The van der Waals surface area contributed by atoms with Gasteiger partial charge in [0.05, 0.1) is 12.6 Å². The second-order valence-electron chi connectivity index (χ2n) is 4.42. The van der Waals surface area contributed by atoms with Gasteiger partial charge in [-0.15, -0.1) is 6.58 Å². The first kappa shape index (κ1) is 16.5. The van der Waals surface area contributed by atoms with Crippen LogP contribution in [-0.4, -0.2) is 35.7 Å². The topological polar surface area (TPSA) is 52.6 Å². The normalized spacial score (nSPS) is 11.8. The van der Waals surface area contributed by atoms with Crippen molar-refractivity contribution < 1.29 is 9.90 Å². The van der Waals surface area contributed by atoms with Gasteiger partial charge in [-0.05, 0) is 24.1 Å². The summed E-state index contributed by atoms with van der Waals surface area (Å²) in [4.78, 5) is 13.7. The maximum absolute atomic E-state index is 12.2. The molecule has 2 amide bonds. The molecule has 0 aliphatic rings. The molecule has 5 heteroatoms. The van der Waals surface area contributed by atoms with Gasteiger partial charge in [-0.2, -0.15) is 0 Å². The van der Waals surface area contributed by atoms with Gasteiger partial charge in [0.1, 0.15) is 0 Å². The number of benzene rings is 1. The third kappa shape index (κ3) is 4.87. The average molecular weight is 297 g/mol. The fourth-order valence-electron chi connectivity index (χ4n) is 1.94. The highest BCUT2D eigenvalue weighted by molar-refractivity contribution is 6.30. The third-order valence-electron chi connectivity index (χ3n) is 2.96. The number of hydrogen-bond acceptors (Lipinski definition) is 2. The van der Waals surface area contributed by atoms with Crippen LogP contribution in [-0.2, 0) is 0 Å². The Kier molecular flexibility index (Phi) is 7.12. The zero-order valence-electron chi connectivity index (χ0n) is 11.7. The van der Waals surface area contributed by atoms with E-state index in [4.69, 9.17) is 16.7 Å². The summed E-state index contributed by atoms with van der Waals surface area (Å²) < 4.78 is 0. The Hall–Kier alpha value is -1.52. The summed E-state index contributed by atoms with van der Waals surface area (Å²) in [6, 6.07) is 7.12. The predicted octanol–water partition coefficient (Wildman–Crippen LogP) is 2.98. The molecule has 1 atom stereocenters. The molecule has 1 aromatic rings. The summed E-state index contributed by atoms with van der Waals surface area (Å²) in [7, 11) is 0. The summed E-state index contributed by atoms with van der Waals surface area (Å²) in [5, 5.41) is 12.6. The fraction of sp³-hybridized carbons (Fsp3) is 0.400. The minimum absolute atomic E-state index is 0.0742. The van der Waals surface area contributed by atoms with Gasteiger partial charge < -0.3 is 15.3 Å². The summed E-state index contributed by atoms with van der Waals surface area (Å²) >= 11 is 5.98. The molecule has 110 valence electrons. The van der Waals surface area contributed by atoms with Crippen LogP contribution < -0.4 is 5.32 Å². The molecule has 0 fully saturated rings. The summed E-state index contributed by atoms with van der Waals surface area (Å²) in [5.41, 5.74) is 0.968. The number of rotatable bonds is 7.